The maximum atomic E-state index is 8.56. The SMILES string of the molecule is Brc1ccc(CCCCCc2cccnc2)cc1.O=C(O)O. The van der Waals surface area contributed by atoms with Gasteiger partial charge in [-0.1, -0.05) is 40.5 Å². The lowest BCUT2D eigenvalue weighted by atomic mass is 10.0. The van der Waals surface area contributed by atoms with Gasteiger partial charge in [-0.15, -0.1) is 0 Å². The number of rotatable bonds is 6. The van der Waals surface area contributed by atoms with Crippen LogP contribution in [-0.4, -0.2) is 21.4 Å². The molecule has 1 aromatic heterocycles. The Hall–Kier alpha value is -1.88. The Morgan fingerprint density at radius 1 is 0.955 bits per heavy atom. The van der Waals surface area contributed by atoms with Gasteiger partial charge in [0.25, 0.3) is 0 Å². The molecule has 0 saturated heterocycles. The molecule has 22 heavy (non-hydrogen) atoms. The maximum absolute atomic E-state index is 8.56. The summed E-state index contributed by atoms with van der Waals surface area (Å²) in [6.07, 6.45) is 8.09. The molecule has 0 aliphatic rings. The van der Waals surface area contributed by atoms with Crippen molar-refractivity contribution in [2.45, 2.75) is 32.1 Å². The maximum Gasteiger partial charge on any atom is 0.503 e. The van der Waals surface area contributed by atoms with Crippen molar-refractivity contribution in [1.29, 1.82) is 0 Å². The molecule has 0 fully saturated rings. The second kappa shape index (κ2) is 10.8. The van der Waals surface area contributed by atoms with Gasteiger partial charge in [0, 0.05) is 16.9 Å². The van der Waals surface area contributed by atoms with E-state index in [9.17, 15) is 0 Å². The fourth-order valence-electron chi connectivity index (χ4n) is 2.03. The molecule has 2 rings (SSSR count). The third-order valence-corrected chi connectivity index (χ3v) is 3.60. The molecule has 2 aromatic rings. The molecule has 0 saturated carbocycles. The van der Waals surface area contributed by atoms with E-state index >= 15 is 0 Å². The van der Waals surface area contributed by atoms with Crippen LogP contribution in [0.25, 0.3) is 0 Å². The second-order valence-corrected chi connectivity index (χ2v) is 5.75. The van der Waals surface area contributed by atoms with E-state index in [1.54, 1.807) is 0 Å². The Labute approximate surface area is 139 Å². The number of aryl methyl sites for hydroxylation is 2. The topological polar surface area (TPSA) is 70.4 Å². The molecule has 0 atom stereocenters. The van der Waals surface area contributed by atoms with Crippen molar-refractivity contribution in [2.24, 2.45) is 0 Å². The molecule has 0 amide bonds. The van der Waals surface area contributed by atoms with Crippen LogP contribution in [-0.2, 0) is 12.8 Å². The van der Waals surface area contributed by atoms with Crippen LogP contribution in [0.3, 0.4) is 0 Å². The zero-order valence-corrected chi connectivity index (χ0v) is 13.9. The van der Waals surface area contributed by atoms with Crippen molar-refractivity contribution in [3.63, 3.8) is 0 Å². The van der Waals surface area contributed by atoms with Gasteiger partial charge in [-0.3, -0.25) is 4.98 Å². The van der Waals surface area contributed by atoms with E-state index in [4.69, 9.17) is 15.0 Å². The van der Waals surface area contributed by atoms with Crippen LogP contribution in [0.2, 0.25) is 0 Å². The number of pyridine rings is 1. The van der Waals surface area contributed by atoms with E-state index in [-0.39, 0.29) is 0 Å². The highest BCUT2D eigenvalue weighted by Crippen LogP contribution is 2.13. The molecule has 0 spiro atoms. The second-order valence-electron chi connectivity index (χ2n) is 4.83. The summed E-state index contributed by atoms with van der Waals surface area (Å²) in [6, 6.07) is 12.8. The van der Waals surface area contributed by atoms with Crippen molar-refractivity contribution >= 4 is 22.1 Å². The largest absolute Gasteiger partial charge is 0.503 e. The van der Waals surface area contributed by atoms with Gasteiger partial charge in [0.2, 0.25) is 0 Å². The molecule has 0 radical (unpaired) electrons. The number of carbonyl (C=O) groups is 1. The fraction of sp³-hybridized carbons (Fsp3) is 0.294. The normalized spacial score (nSPS) is 9.68. The zero-order valence-electron chi connectivity index (χ0n) is 12.3. The van der Waals surface area contributed by atoms with Crippen molar-refractivity contribution in [3.05, 3.63) is 64.4 Å². The van der Waals surface area contributed by atoms with Crippen LogP contribution < -0.4 is 0 Å². The number of unbranched alkanes of at least 4 members (excludes halogenated alkanes) is 2. The van der Waals surface area contributed by atoms with Gasteiger partial charge in [0.15, 0.2) is 0 Å². The van der Waals surface area contributed by atoms with Gasteiger partial charge in [0.05, 0.1) is 0 Å². The lowest BCUT2D eigenvalue weighted by molar-refractivity contribution is 0.137. The van der Waals surface area contributed by atoms with E-state index in [1.165, 1.54) is 36.8 Å². The minimum atomic E-state index is -1.83. The Morgan fingerprint density at radius 2 is 1.55 bits per heavy atom. The quantitative estimate of drug-likeness (QED) is 0.704. The highest BCUT2D eigenvalue weighted by atomic mass is 79.9. The molecule has 5 heteroatoms. The van der Waals surface area contributed by atoms with Crippen molar-refractivity contribution in [2.75, 3.05) is 0 Å². The molecule has 0 aliphatic heterocycles. The summed E-state index contributed by atoms with van der Waals surface area (Å²) in [5, 5.41) is 13.9. The minimum Gasteiger partial charge on any atom is -0.450 e. The summed E-state index contributed by atoms with van der Waals surface area (Å²) >= 11 is 3.46. The highest BCUT2D eigenvalue weighted by Gasteiger charge is 1.96. The van der Waals surface area contributed by atoms with Crippen molar-refractivity contribution < 1.29 is 15.0 Å². The van der Waals surface area contributed by atoms with Gasteiger partial charge in [0.1, 0.15) is 0 Å². The number of benzene rings is 1. The lowest BCUT2D eigenvalue weighted by Gasteiger charge is -2.03. The first-order valence-corrected chi connectivity index (χ1v) is 7.92. The Balaban J connectivity index is 0.000000541. The predicted octanol–water partition coefficient (Wildman–Crippen LogP) is 5.02. The monoisotopic (exact) mass is 365 g/mol. The molecule has 4 nitrogen and oxygen atoms in total. The van der Waals surface area contributed by atoms with E-state index in [0.29, 0.717) is 0 Å². The summed E-state index contributed by atoms with van der Waals surface area (Å²) in [5.74, 6) is 0. The first kappa shape index (κ1) is 18.2. The van der Waals surface area contributed by atoms with E-state index in [1.807, 2.05) is 18.5 Å². The van der Waals surface area contributed by atoms with Crippen molar-refractivity contribution in [1.82, 2.24) is 4.98 Å². The first-order chi connectivity index (χ1) is 10.6. The number of aromatic nitrogens is 1. The molecular weight excluding hydrogens is 346 g/mol. The molecular formula is C17H20BrNO3. The molecule has 1 aromatic carbocycles. The molecule has 2 N–H and O–H groups in total. The smallest absolute Gasteiger partial charge is 0.450 e. The zero-order chi connectivity index (χ0) is 16.2. The van der Waals surface area contributed by atoms with Crippen LogP contribution in [0, 0.1) is 0 Å². The summed E-state index contributed by atoms with van der Waals surface area (Å²) in [4.78, 5) is 12.7. The van der Waals surface area contributed by atoms with Crippen LogP contribution >= 0.6 is 15.9 Å². The summed E-state index contributed by atoms with van der Waals surface area (Å²) in [7, 11) is 0. The van der Waals surface area contributed by atoms with Crippen molar-refractivity contribution in [3.8, 4) is 0 Å². The highest BCUT2D eigenvalue weighted by molar-refractivity contribution is 9.10. The van der Waals surface area contributed by atoms with Crippen LogP contribution in [0.4, 0.5) is 4.79 Å². The van der Waals surface area contributed by atoms with Gasteiger partial charge in [-0.25, -0.2) is 4.79 Å². The lowest BCUT2D eigenvalue weighted by Crippen LogP contribution is -1.89. The van der Waals surface area contributed by atoms with Crippen LogP contribution in [0.1, 0.15) is 30.4 Å². The van der Waals surface area contributed by atoms with E-state index < -0.39 is 6.16 Å². The molecule has 1 heterocycles. The fourth-order valence-corrected chi connectivity index (χ4v) is 2.30. The third kappa shape index (κ3) is 9.13. The molecule has 0 bridgehead atoms. The van der Waals surface area contributed by atoms with Gasteiger partial charge < -0.3 is 10.2 Å². The van der Waals surface area contributed by atoms with Crippen LogP contribution in [0.5, 0.6) is 0 Å². The van der Waals surface area contributed by atoms with Crippen LogP contribution in [0.15, 0.2) is 53.3 Å². The van der Waals surface area contributed by atoms with E-state index in [2.05, 4.69) is 51.2 Å². The number of halogens is 1. The Bertz CT molecular complexity index is 540. The Kier molecular flexibility index (Phi) is 8.91. The van der Waals surface area contributed by atoms with Gasteiger partial charge >= 0.3 is 6.16 Å². The number of hydrogen-bond donors (Lipinski definition) is 2. The molecule has 118 valence electrons. The van der Waals surface area contributed by atoms with Gasteiger partial charge in [-0.05, 0) is 55.0 Å². The first-order valence-electron chi connectivity index (χ1n) is 7.13. The van der Waals surface area contributed by atoms with E-state index in [0.717, 1.165) is 10.9 Å². The summed E-state index contributed by atoms with van der Waals surface area (Å²) < 4.78 is 1.16. The number of carboxylic acid groups (broad SMARTS) is 2. The predicted molar refractivity (Wildman–Crippen MR) is 90.3 cm³/mol. The average Bonchev–Trinajstić information content (AvgIpc) is 2.49. The average molecular weight is 366 g/mol. The standard InChI is InChI=1S/C16H18BrN.CH2O3/c17-16-10-8-14(9-11-16)5-2-1-3-6-15-7-4-12-18-13-15;2-1(3)4/h4,7-13H,1-3,5-6H2;(H2,2,3,4). The Morgan fingerprint density at radius 3 is 2.09 bits per heavy atom. The number of hydrogen-bond acceptors (Lipinski definition) is 2. The number of nitrogens with zero attached hydrogens (tertiary/aromatic N) is 1. The molecule has 0 aliphatic carbocycles. The van der Waals surface area contributed by atoms with Gasteiger partial charge in [-0.2, -0.15) is 0 Å². The third-order valence-electron chi connectivity index (χ3n) is 3.07. The summed E-state index contributed by atoms with van der Waals surface area (Å²) in [5.41, 5.74) is 2.78. The summed E-state index contributed by atoms with van der Waals surface area (Å²) in [6.45, 7) is 0. The molecule has 0 unspecified atom stereocenters. The minimum absolute atomic E-state index is 1.15.